The molecule has 71 heavy (non-hydrogen) atoms. The number of nitrogens with zero attached hydrogens (tertiary/aromatic N) is 2. The molecule has 14 rings (SSSR count). The van der Waals surface area contributed by atoms with Crippen molar-refractivity contribution in [2.24, 2.45) is 0 Å². The monoisotopic (exact) mass is 904 g/mol. The van der Waals surface area contributed by atoms with Gasteiger partial charge in [-0.15, -0.1) is 0 Å². The third-order valence-electron chi connectivity index (χ3n) is 14.4. The summed E-state index contributed by atoms with van der Waals surface area (Å²) in [4.78, 5) is 2.41. The number of furan rings is 1. The lowest BCUT2D eigenvalue weighted by atomic mass is 9.93. The first-order valence-corrected chi connectivity index (χ1v) is 24.3. The van der Waals surface area contributed by atoms with Gasteiger partial charge in [-0.1, -0.05) is 206 Å². The van der Waals surface area contributed by atoms with Gasteiger partial charge in [0.1, 0.15) is 11.2 Å². The average Bonchev–Trinajstić information content (AvgIpc) is 4.00. The van der Waals surface area contributed by atoms with Gasteiger partial charge in [0.05, 0.1) is 22.4 Å². The Balaban J connectivity index is 0.932. The van der Waals surface area contributed by atoms with Crippen molar-refractivity contribution in [3.8, 4) is 50.2 Å². The smallest absolute Gasteiger partial charge is 0.143 e. The van der Waals surface area contributed by atoms with Crippen molar-refractivity contribution in [3.05, 3.63) is 267 Å². The molecular formula is C68H44N2O. The molecule has 0 unspecified atom stereocenters. The van der Waals surface area contributed by atoms with Crippen LogP contribution in [0.15, 0.2) is 271 Å². The van der Waals surface area contributed by atoms with E-state index >= 15 is 0 Å². The second-order valence-electron chi connectivity index (χ2n) is 18.4. The minimum atomic E-state index is 0.899. The van der Waals surface area contributed by atoms with Gasteiger partial charge in [-0.05, 0) is 105 Å². The maximum atomic E-state index is 6.82. The summed E-state index contributed by atoms with van der Waals surface area (Å²) in [6.45, 7) is 0. The summed E-state index contributed by atoms with van der Waals surface area (Å²) >= 11 is 0. The summed E-state index contributed by atoms with van der Waals surface area (Å²) in [5.74, 6) is 0. The molecule has 0 saturated carbocycles. The van der Waals surface area contributed by atoms with Crippen LogP contribution >= 0.6 is 0 Å². The van der Waals surface area contributed by atoms with E-state index in [-0.39, 0.29) is 0 Å². The van der Waals surface area contributed by atoms with Crippen molar-refractivity contribution in [3.63, 3.8) is 0 Å². The lowest BCUT2D eigenvalue weighted by Gasteiger charge is -2.29. The van der Waals surface area contributed by atoms with Gasteiger partial charge in [-0.3, -0.25) is 0 Å². The highest BCUT2D eigenvalue weighted by molar-refractivity contribution is 6.17. The van der Waals surface area contributed by atoms with E-state index in [4.69, 9.17) is 4.42 Å². The molecule has 0 fully saturated rings. The quantitative estimate of drug-likeness (QED) is 0.151. The third kappa shape index (κ3) is 6.74. The van der Waals surface area contributed by atoms with Crippen molar-refractivity contribution in [1.29, 1.82) is 0 Å². The molecule has 3 nitrogen and oxygen atoms in total. The summed E-state index contributed by atoms with van der Waals surface area (Å²) in [6, 6.07) is 96.7. The number of aromatic nitrogens is 1. The molecule has 2 heterocycles. The molecule has 0 amide bonds. The second-order valence-corrected chi connectivity index (χ2v) is 18.4. The largest absolute Gasteiger partial charge is 0.455 e. The molecule has 0 aliphatic carbocycles. The Bertz CT molecular complexity index is 4270. The van der Waals surface area contributed by atoms with E-state index in [9.17, 15) is 0 Å². The van der Waals surface area contributed by atoms with E-state index in [1.165, 1.54) is 54.7 Å². The minimum Gasteiger partial charge on any atom is -0.455 e. The van der Waals surface area contributed by atoms with Crippen molar-refractivity contribution in [1.82, 2.24) is 4.57 Å². The normalized spacial score (nSPS) is 11.7. The predicted molar refractivity (Wildman–Crippen MR) is 299 cm³/mol. The summed E-state index contributed by atoms with van der Waals surface area (Å²) in [7, 11) is 0. The zero-order valence-electron chi connectivity index (χ0n) is 38.7. The molecule has 0 aliphatic heterocycles. The van der Waals surface area contributed by atoms with E-state index in [2.05, 4.69) is 276 Å². The van der Waals surface area contributed by atoms with E-state index in [1.807, 2.05) is 0 Å². The van der Waals surface area contributed by atoms with Crippen LogP contribution in [0.1, 0.15) is 0 Å². The maximum absolute atomic E-state index is 6.82. The average molecular weight is 905 g/mol. The van der Waals surface area contributed by atoms with Crippen LogP contribution in [0.2, 0.25) is 0 Å². The molecular weight excluding hydrogens is 861 g/mol. The second kappa shape index (κ2) is 16.7. The molecule has 3 heteroatoms. The molecule has 0 saturated heterocycles. The van der Waals surface area contributed by atoms with Crippen LogP contribution in [-0.4, -0.2) is 4.57 Å². The Morgan fingerprint density at radius 1 is 0.282 bits per heavy atom. The Morgan fingerprint density at radius 3 is 1.51 bits per heavy atom. The molecule has 0 radical (unpaired) electrons. The highest BCUT2D eigenvalue weighted by Crippen LogP contribution is 2.46. The van der Waals surface area contributed by atoms with Gasteiger partial charge < -0.3 is 13.9 Å². The Morgan fingerprint density at radius 2 is 0.775 bits per heavy atom. The van der Waals surface area contributed by atoms with Gasteiger partial charge in [-0.2, -0.15) is 0 Å². The van der Waals surface area contributed by atoms with Crippen LogP contribution in [0.25, 0.3) is 115 Å². The SMILES string of the molecule is c1ccc(-c2cc(-c3cccc4ccccc34)ccc2N(c2ccc(-c3ccccc3-n3c4ccccc4c4ccccc43)cc2)c2ccc(-c3cccc4c3oc3c5ccccc5ccc43)cc2)cc1. The van der Waals surface area contributed by atoms with Gasteiger partial charge in [0.25, 0.3) is 0 Å². The van der Waals surface area contributed by atoms with Crippen LogP contribution in [0, 0.1) is 0 Å². The standard InChI is InChI=1S/C68H44N2O/c1-2-16-46(17-3-1)62-44-50(54-26-14-20-45-18-4-6-21-53(45)54)37-43-66(62)69(52-40-34-49(35-41-52)57-27-15-28-60-61-42-36-47-19-5-7-23-56(47)68(61)71-67(57)60)51-38-32-48(33-39-51)55-22-8-11-29-63(55)70-64-30-12-9-24-58(64)59-25-10-13-31-65(59)70/h1-44H. The molecule has 12 aromatic carbocycles. The summed E-state index contributed by atoms with van der Waals surface area (Å²) in [5.41, 5.74) is 17.7. The van der Waals surface area contributed by atoms with Crippen molar-refractivity contribution >= 4 is 82.4 Å². The molecule has 0 bridgehead atoms. The zero-order chi connectivity index (χ0) is 46.8. The van der Waals surface area contributed by atoms with Crippen molar-refractivity contribution < 1.29 is 4.42 Å². The molecule has 2 aromatic heterocycles. The van der Waals surface area contributed by atoms with E-state index in [0.717, 1.165) is 77.9 Å². The Labute approximate surface area is 411 Å². The fourth-order valence-electron chi connectivity index (χ4n) is 11.1. The number of benzene rings is 12. The number of hydrogen-bond donors (Lipinski definition) is 0. The first kappa shape index (κ1) is 40.6. The Kier molecular flexibility index (Phi) is 9.53. The van der Waals surface area contributed by atoms with Crippen LogP contribution in [-0.2, 0) is 0 Å². The third-order valence-corrected chi connectivity index (χ3v) is 14.4. The first-order chi connectivity index (χ1) is 35.2. The number of hydrogen-bond acceptors (Lipinski definition) is 2. The Hall–Kier alpha value is -9.44. The number of para-hydroxylation sites is 4. The van der Waals surface area contributed by atoms with Crippen molar-refractivity contribution in [2.45, 2.75) is 0 Å². The predicted octanol–water partition coefficient (Wildman–Crippen LogP) is 19.1. The fourth-order valence-corrected chi connectivity index (χ4v) is 11.1. The van der Waals surface area contributed by atoms with Gasteiger partial charge in [-0.25, -0.2) is 0 Å². The topological polar surface area (TPSA) is 21.3 Å². The van der Waals surface area contributed by atoms with Crippen LogP contribution in [0.4, 0.5) is 17.1 Å². The maximum Gasteiger partial charge on any atom is 0.143 e. The number of rotatable bonds is 8. The van der Waals surface area contributed by atoms with Crippen LogP contribution < -0.4 is 4.90 Å². The number of anilines is 3. The highest BCUT2D eigenvalue weighted by Gasteiger charge is 2.22. The van der Waals surface area contributed by atoms with E-state index in [1.54, 1.807) is 0 Å². The van der Waals surface area contributed by atoms with Crippen molar-refractivity contribution in [2.75, 3.05) is 4.90 Å². The lowest BCUT2D eigenvalue weighted by Crippen LogP contribution is -2.11. The van der Waals surface area contributed by atoms with E-state index < -0.39 is 0 Å². The first-order valence-electron chi connectivity index (χ1n) is 24.3. The summed E-state index contributed by atoms with van der Waals surface area (Å²) < 4.78 is 9.23. The molecule has 332 valence electrons. The van der Waals surface area contributed by atoms with Crippen LogP contribution in [0.3, 0.4) is 0 Å². The van der Waals surface area contributed by atoms with Gasteiger partial charge in [0.2, 0.25) is 0 Å². The van der Waals surface area contributed by atoms with E-state index in [0.29, 0.717) is 0 Å². The number of fused-ring (bicyclic) bond motifs is 9. The molecule has 0 N–H and O–H groups in total. The summed E-state index contributed by atoms with van der Waals surface area (Å²) in [6.07, 6.45) is 0. The van der Waals surface area contributed by atoms with Gasteiger partial charge in [0, 0.05) is 55.0 Å². The van der Waals surface area contributed by atoms with Gasteiger partial charge >= 0.3 is 0 Å². The molecule has 0 spiro atoms. The molecule has 0 atom stereocenters. The fraction of sp³-hybridized carbons (Fsp3) is 0. The zero-order valence-corrected chi connectivity index (χ0v) is 38.7. The molecule has 0 aliphatic rings. The van der Waals surface area contributed by atoms with Gasteiger partial charge in [0.15, 0.2) is 0 Å². The highest BCUT2D eigenvalue weighted by atomic mass is 16.3. The van der Waals surface area contributed by atoms with Crippen LogP contribution in [0.5, 0.6) is 0 Å². The lowest BCUT2D eigenvalue weighted by molar-refractivity contribution is 0.674. The minimum absolute atomic E-state index is 0.899. The summed E-state index contributed by atoms with van der Waals surface area (Å²) in [5, 5.41) is 9.50. The molecule has 14 aromatic rings.